The average molecular weight is 300 g/mol. The largest absolute Gasteiger partial charge is 0.493 e. The predicted octanol–water partition coefficient (Wildman–Crippen LogP) is 4.59. The molecule has 0 fully saturated rings. The van der Waals surface area contributed by atoms with E-state index >= 15 is 0 Å². The fourth-order valence-corrected chi connectivity index (χ4v) is 3.40. The fraction of sp³-hybridized carbons (Fsp3) is 0.176. The first kappa shape index (κ1) is 13.8. The van der Waals surface area contributed by atoms with E-state index in [1.165, 1.54) is 15.0 Å². The SMILES string of the molecule is COc1cc(-c2cc3ccccc3s2)cc(OC)c1OC. The molecule has 0 atom stereocenters. The molecule has 0 amide bonds. The number of rotatable bonds is 4. The van der Waals surface area contributed by atoms with Crippen LogP contribution in [0.2, 0.25) is 0 Å². The summed E-state index contributed by atoms with van der Waals surface area (Å²) in [5, 5.41) is 1.24. The lowest BCUT2D eigenvalue weighted by atomic mass is 10.1. The van der Waals surface area contributed by atoms with Crippen molar-refractivity contribution in [3.8, 4) is 27.7 Å². The fourth-order valence-electron chi connectivity index (χ4n) is 2.35. The Balaban J connectivity index is 2.17. The Kier molecular flexibility index (Phi) is 3.71. The lowest BCUT2D eigenvalue weighted by molar-refractivity contribution is 0.324. The Morgan fingerprint density at radius 2 is 1.48 bits per heavy atom. The summed E-state index contributed by atoms with van der Waals surface area (Å²) in [5.74, 6) is 1.96. The van der Waals surface area contributed by atoms with E-state index in [4.69, 9.17) is 14.2 Å². The van der Waals surface area contributed by atoms with Gasteiger partial charge in [0.2, 0.25) is 5.75 Å². The highest BCUT2D eigenvalue weighted by Crippen LogP contribution is 2.43. The first-order valence-electron chi connectivity index (χ1n) is 6.55. The number of hydrogen-bond donors (Lipinski definition) is 0. The molecule has 1 aromatic heterocycles. The molecule has 0 saturated carbocycles. The Morgan fingerprint density at radius 3 is 2.05 bits per heavy atom. The molecule has 0 aliphatic rings. The summed E-state index contributed by atoms with van der Waals surface area (Å²) in [6.07, 6.45) is 0. The normalized spacial score (nSPS) is 10.6. The second-order valence-electron chi connectivity index (χ2n) is 4.56. The standard InChI is InChI=1S/C17H16O3S/c1-18-13-8-12(9-14(19-2)17(13)20-3)16-10-11-6-4-5-7-15(11)21-16/h4-10H,1-3H3. The van der Waals surface area contributed by atoms with Gasteiger partial charge in [-0.3, -0.25) is 0 Å². The van der Waals surface area contributed by atoms with Crippen LogP contribution in [0.3, 0.4) is 0 Å². The van der Waals surface area contributed by atoms with Crippen LogP contribution in [0.4, 0.5) is 0 Å². The van der Waals surface area contributed by atoms with Gasteiger partial charge in [0.1, 0.15) is 0 Å². The van der Waals surface area contributed by atoms with Crippen LogP contribution in [0.5, 0.6) is 17.2 Å². The Hall–Kier alpha value is -2.20. The van der Waals surface area contributed by atoms with Crippen LogP contribution in [-0.2, 0) is 0 Å². The molecule has 0 radical (unpaired) electrons. The molecule has 0 N–H and O–H groups in total. The predicted molar refractivity (Wildman–Crippen MR) is 86.9 cm³/mol. The van der Waals surface area contributed by atoms with Crippen molar-refractivity contribution >= 4 is 21.4 Å². The van der Waals surface area contributed by atoms with Crippen LogP contribution in [0.1, 0.15) is 0 Å². The van der Waals surface area contributed by atoms with Crippen molar-refractivity contribution < 1.29 is 14.2 Å². The van der Waals surface area contributed by atoms with Gasteiger partial charge >= 0.3 is 0 Å². The molecule has 1 heterocycles. The van der Waals surface area contributed by atoms with E-state index in [0.29, 0.717) is 17.2 Å². The maximum absolute atomic E-state index is 5.41. The number of ether oxygens (including phenoxy) is 3. The summed E-state index contributed by atoms with van der Waals surface area (Å²) in [6.45, 7) is 0. The van der Waals surface area contributed by atoms with E-state index in [9.17, 15) is 0 Å². The van der Waals surface area contributed by atoms with E-state index in [-0.39, 0.29) is 0 Å². The van der Waals surface area contributed by atoms with Gasteiger partial charge < -0.3 is 14.2 Å². The van der Waals surface area contributed by atoms with Gasteiger partial charge in [-0.15, -0.1) is 11.3 Å². The van der Waals surface area contributed by atoms with Crippen LogP contribution < -0.4 is 14.2 Å². The van der Waals surface area contributed by atoms with E-state index in [2.05, 4.69) is 24.3 Å². The van der Waals surface area contributed by atoms with Crippen LogP contribution in [0.15, 0.2) is 42.5 Å². The lowest BCUT2D eigenvalue weighted by Gasteiger charge is -2.13. The molecule has 0 saturated heterocycles. The zero-order valence-corrected chi connectivity index (χ0v) is 13.0. The summed E-state index contributed by atoms with van der Waals surface area (Å²) in [5.41, 5.74) is 1.06. The molecule has 21 heavy (non-hydrogen) atoms. The molecule has 0 unspecified atom stereocenters. The van der Waals surface area contributed by atoms with E-state index in [0.717, 1.165) is 5.56 Å². The first-order valence-corrected chi connectivity index (χ1v) is 7.37. The average Bonchev–Trinajstić information content (AvgIpc) is 2.97. The molecule has 2 aromatic carbocycles. The number of fused-ring (bicyclic) bond motifs is 1. The quantitative estimate of drug-likeness (QED) is 0.705. The smallest absolute Gasteiger partial charge is 0.203 e. The summed E-state index contributed by atoms with van der Waals surface area (Å²) in [7, 11) is 4.87. The maximum atomic E-state index is 5.41. The molecule has 0 aliphatic carbocycles. The Labute approximate surface area is 127 Å². The van der Waals surface area contributed by atoms with Crippen LogP contribution >= 0.6 is 11.3 Å². The van der Waals surface area contributed by atoms with Gasteiger partial charge in [-0.2, -0.15) is 0 Å². The van der Waals surface area contributed by atoms with Crippen molar-refractivity contribution in [1.82, 2.24) is 0 Å². The van der Waals surface area contributed by atoms with Gasteiger partial charge in [-0.05, 0) is 35.2 Å². The monoisotopic (exact) mass is 300 g/mol. The minimum absolute atomic E-state index is 0.616. The third-order valence-corrected chi connectivity index (χ3v) is 4.54. The first-order chi connectivity index (χ1) is 10.3. The van der Waals surface area contributed by atoms with Gasteiger partial charge in [0.15, 0.2) is 11.5 Å². The molecular formula is C17H16O3S. The van der Waals surface area contributed by atoms with E-state index < -0.39 is 0 Å². The lowest BCUT2D eigenvalue weighted by Crippen LogP contribution is -1.95. The minimum Gasteiger partial charge on any atom is -0.493 e. The van der Waals surface area contributed by atoms with Gasteiger partial charge in [0, 0.05) is 9.58 Å². The molecule has 4 heteroatoms. The number of benzene rings is 2. The summed E-state index contributed by atoms with van der Waals surface area (Å²) < 4.78 is 17.5. The third kappa shape index (κ3) is 2.43. The van der Waals surface area contributed by atoms with Gasteiger partial charge in [0.05, 0.1) is 21.3 Å². The van der Waals surface area contributed by atoms with Crippen molar-refractivity contribution in [3.63, 3.8) is 0 Å². The second-order valence-corrected chi connectivity index (χ2v) is 5.65. The molecule has 3 nitrogen and oxygen atoms in total. The molecule has 0 aliphatic heterocycles. The highest BCUT2D eigenvalue weighted by atomic mass is 32.1. The van der Waals surface area contributed by atoms with Crippen molar-refractivity contribution in [1.29, 1.82) is 0 Å². The topological polar surface area (TPSA) is 27.7 Å². The van der Waals surface area contributed by atoms with Crippen molar-refractivity contribution in [2.45, 2.75) is 0 Å². The van der Waals surface area contributed by atoms with E-state index in [1.807, 2.05) is 18.2 Å². The van der Waals surface area contributed by atoms with Crippen LogP contribution in [0.25, 0.3) is 20.5 Å². The third-order valence-electron chi connectivity index (χ3n) is 3.37. The van der Waals surface area contributed by atoms with Crippen LogP contribution in [-0.4, -0.2) is 21.3 Å². The molecule has 3 rings (SSSR count). The molecule has 0 spiro atoms. The van der Waals surface area contributed by atoms with Gasteiger partial charge in [-0.25, -0.2) is 0 Å². The minimum atomic E-state index is 0.616. The summed E-state index contributed by atoms with van der Waals surface area (Å²) in [4.78, 5) is 1.18. The molecular weight excluding hydrogens is 284 g/mol. The highest BCUT2D eigenvalue weighted by Gasteiger charge is 2.15. The van der Waals surface area contributed by atoms with Crippen LogP contribution in [0, 0.1) is 0 Å². The summed E-state index contributed by atoms with van der Waals surface area (Å²) >= 11 is 1.75. The molecule has 108 valence electrons. The van der Waals surface area contributed by atoms with Crippen molar-refractivity contribution in [3.05, 3.63) is 42.5 Å². The van der Waals surface area contributed by atoms with Crippen molar-refractivity contribution in [2.75, 3.05) is 21.3 Å². The molecule has 0 bridgehead atoms. The number of methoxy groups -OCH3 is 3. The zero-order chi connectivity index (χ0) is 14.8. The number of hydrogen-bond acceptors (Lipinski definition) is 4. The Bertz CT molecular complexity index is 719. The molecule has 3 aromatic rings. The second kappa shape index (κ2) is 5.66. The maximum Gasteiger partial charge on any atom is 0.203 e. The van der Waals surface area contributed by atoms with Crippen molar-refractivity contribution in [2.24, 2.45) is 0 Å². The number of thiophene rings is 1. The van der Waals surface area contributed by atoms with E-state index in [1.54, 1.807) is 32.7 Å². The zero-order valence-electron chi connectivity index (χ0n) is 12.2. The Morgan fingerprint density at radius 1 is 0.810 bits per heavy atom. The summed E-state index contributed by atoms with van der Waals surface area (Å²) in [6, 6.07) is 14.5. The van der Waals surface area contributed by atoms with Gasteiger partial charge in [0.25, 0.3) is 0 Å². The van der Waals surface area contributed by atoms with Gasteiger partial charge in [-0.1, -0.05) is 18.2 Å². The highest BCUT2D eigenvalue weighted by molar-refractivity contribution is 7.22.